The molecule has 0 radical (unpaired) electrons. The van der Waals surface area contributed by atoms with Gasteiger partial charge in [-0.3, -0.25) is 9.59 Å². The lowest BCUT2D eigenvalue weighted by Crippen LogP contribution is -2.53. The van der Waals surface area contributed by atoms with Gasteiger partial charge < -0.3 is 14.5 Å². The Hall–Kier alpha value is -3.34. The molecule has 3 aromatic carbocycles. The number of hydrogen-bond donors (Lipinski definition) is 0. The zero-order valence-electron chi connectivity index (χ0n) is 19.3. The summed E-state index contributed by atoms with van der Waals surface area (Å²) in [7, 11) is 3.58. The molecule has 0 aliphatic carbocycles. The molecule has 2 atom stereocenters. The molecule has 2 aliphatic rings. The highest BCUT2D eigenvalue weighted by molar-refractivity contribution is 6.08. The van der Waals surface area contributed by atoms with Crippen molar-refractivity contribution in [2.75, 3.05) is 27.2 Å². The monoisotopic (exact) mass is 442 g/mol. The molecule has 5 rings (SSSR count). The second-order valence-corrected chi connectivity index (χ2v) is 9.27. The summed E-state index contributed by atoms with van der Waals surface area (Å²) in [4.78, 5) is 30.8. The molecule has 5 heteroatoms. The highest BCUT2D eigenvalue weighted by Crippen LogP contribution is 2.45. The highest BCUT2D eigenvalue weighted by Gasteiger charge is 2.53. The number of hydrogen-bond acceptors (Lipinski definition) is 3. The van der Waals surface area contributed by atoms with E-state index in [1.165, 1.54) is 5.56 Å². The van der Waals surface area contributed by atoms with Crippen LogP contribution in [0.3, 0.4) is 0 Å². The number of benzene rings is 3. The van der Waals surface area contributed by atoms with Crippen LogP contribution in [0, 0.1) is 0 Å². The Balaban J connectivity index is 1.57. The van der Waals surface area contributed by atoms with Crippen LogP contribution in [0.25, 0.3) is 10.8 Å². The van der Waals surface area contributed by atoms with Gasteiger partial charge in [-0.25, -0.2) is 0 Å². The van der Waals surface area contributed by atoms with Crippen LogP contribution in [-0.4, -0.2) is 54.4 Å². The van der Waals surface area contributed by atoms with E-state index in [0.29, 0.717) is 25.1 Å². The molecular formula is C28H30N2O3. The van der Waals surface area contributed by atoms with Crippen LogP contribution >= 0.6 is 0 Å². The predicted octanol–water partition coefficient (Wildman–Crippen LogP) is 4.86. The van der Waals surface area contributed by atoms with Crippen LogP contribution in [0.4, 0.5) is 0 Å². The lowest BCUT2D eigenvalue weighted by molar-refractivity contribution is -0.134. The van der Waals surface area contributed by atoms with Gasteiger partial charge in [0.1, 0.15) is 5.75 Å². The van der Waals surface area contributed by atoms with E-state index in [-0.39, 0.29) is 23.3 Å². The molecule has 1 spiro atoms. The maximum absolute atomic E-state index is 13.9. The first kappa shape index (κ1) is 21.5. The molecule has 0 N–H and O–H groups in total. The number of ether oxygens (including phenoxy) is 1. The van der Waals surface area contributed by atoms with Crippen molar-refractivity contribution in [3.63, 3.8) is 0 Å². The third-order valence-electron chi connectivity index (χ3n) is 7.63. The van der Waals surface area contributed by atoms with Gasteiger partial charge in [0.2, 0.25) is 5.91 Å². The van der Waals surface area contributed by atoms with E-state index in [2.05, 4.69) is 12.1 Å². The summed E-state index contributed by atoms with van der Waals surface area (Å²) in [5, 5.41) is 1.82. The van der Waals surface area contributed by atoms with E-state index in [4.69, 9.17) is 4.74 Å². The van der Waals surface area contributed by atoms with Crippen molar-refractivity contribution < 1.29 is 14.3 Å². The number of amides is 2. The fourth-order valence-electron chi connectivity index (χ4n) is 5.84. The van der Waals surface area contributed by atoms with E-state index in [9.17, 15) is 9.59 Å². The van der Waals surface area contributed by atoms with E-state index in [1.54, 1.807) is 7.11 Å². The van der Waals surface area contributed by atoms with Crippen molar-refractivity contribution in [1.82, 2.24) is 9.80 Å². The molecule has 5 nitrogen and oxygen atoms in total. The fraction of sp³-hybridized carbons (Fsp3) is 0.357. The van der Waals surface area contributed by atoms with E-state index >= 15 is 0 Å². The Morgan fingerprint density at radius 2 is 1.70 bits per heavy atom. The minimum absolute atomic E-state index is 0.0109. The Labute approximate surface area is 194 Å². The second-order valence-electron chi connectivity index (χ2n) is 9.27. The Morgan fingerprint density at radius 3 is 2.45 bits per heavy atom. The molecule has 0 saturated carbocycles. The summed E-state index contributed by atoms with van der Waals surface area (Å²) >= 11 is 0. The number of likely N-dealkylation sites (tertiary alicyclic amines) is 2. The molecular weight excluding hydrogens is 412 g/mol. The van der Waals surface area contributed by atoms with Crippen molar-refractivity contribution in [2.45, 2.75) is 37.1 Å². The Morgan fingerprint density at radius 1 is 0.970 bits per heavy atom. The average Bonchev–Trinajstić information content (AvgIpc) is 3.19. The van der Waals surface area contributed by atoms with E-state index in [1.807, 2.05) is 71.4 Å². The second kappa shape index (κ2) is 8.54. The number of methoxy groups -OCH3 is 1. The van der Waals surface area contributed by atoms with Crippen molar-refractivity contribution in [1.29, 1.82) is 0 Å². The first-order valence-electron chi connectivity index (χ1n) is 11.7. The maximum Gasteiger partial charge on any atom is 0.254 e. The number of fused-ring (bicyclic) bond motifs is 1. The molecule has 170 valence electrons. The molecule has 33 heavy (non-hydrogen) atoms. The van der Waals surface area contributed by atoms with Gasteiger partial charge in [0, 0.05) is 43.4 Å². The van der Waals surface area contributed by atoms with Crippen LogP contribution in [0.15, 0.2) is 66.7 Å². The molecule has 2 fully saturated rings. The number of carbonyl (C=O) groups excluding carboxylic acids is 2. The van der Waals surface area contributed by atoms with Crippen molar-refractivity contribution in [3.8, 4) is 5.75 Å². The van der Waals surface area contributed by atoms with Gasteiger partial charge in [0.25, 0.3) is 5.91 Å². The molecule has 3 aromatic rings. The summed E-state index contributed by atoms with van der Waals surface area (Å²) in [6, 6.07) is 22.0. The third kappa shape index (κ3) is 3.56. The Bertz CT molecular complexity index is 1190. The van der Waals surface area contributed by atoms with Crippen LogP contribution < -0.4 is 4.74 Å². The quantitative estimate of drug-likeness (QED) is 0.582. The van der Waals surface area contributed by atoms with Crippen LogP contribution in [0.2, 0.25) is 0 Å². The molecule has 2 heterocycles. The lowest BCUT2D eigenvalue weighted by Gasteiger charge is -2.42. The number of rotatable bonds is 3. The van der Waals surface area contributed by atoms with Crippen LogP contribution in [-0.2, 0) is 4.79 Å². The standard InChI is InChI=1S/C28H30N2O3/c1-29-26(31)14-8-9-17-28(29)19-30(18-24(28)20-10-4-3-5-11-20)27(32)23-15-16-25(33-2)22-13-7-6-12-21(22)23/h3-7,10-13,15-16,24H,8-9,14,17-19H2,1-2H3/t24-,28+/m0/s1. The molecule has 0 bridgehead atoms. The molecule has 0 unspecified atom stereocenters. The highest BCUT2D eigenvalue weighted by atomic mass is 16.5. The van der Waals surface area contributed by atoms with Crippen LogP contribution in [0.1, 0.15) is 47.5 Å². The average molecular weight is 443 g/mol. The van der Waals surface area contributed by atoms with E-state index in [0.717, 1.165) is 35.8 Å². The van der Waals surface area contributed by atoms with E-state index < -0.39 is 0 Å². The summed E-state index contributed by atoms with van der Waals surface area (Å²) in [5.74, 6) is 1.03. The lowest BCUT2D eigenvalue weighted by atomic mass is 9.78. The third-order valence-corrected chi connectivity index (χ3v) is 7.63. The summed E-state index contributed by atoms with van der Waals surface area (Å²) in [5.41, 5.74) is 1.49. The first-order valence-corrected chi connectivity index (χ1v) is 11.7. The predicted molar refractivity (Wildman–Crippen MR) is 130 cm³/mol. The van der Waals surface area contributed by atoms with Gasteiger partial charge in [0.05, 0.1) is 12.6 Å². The summed E-state index contributed by atoms with van der Waals surface area (Å²) < 4.78 is 5.52. The number of likely N-dealkylation sites (N-methyl/N-ethyl adjacent to an activating group) is 1. The van der Waals surface area contributed by atoms with Gasteiger partial charge >= 0.3 is 0 Å². The van der Waals surface area contributed by atoms with Crippen molar-refractivity contribution in [3.05, 3.63) is 77.9 Å². The SMILES string of the molecule is COc1ccc(C(=O)N2C[C@@H](c3ccccc3)[C@@]3(CCCCC(=O)N3C)C2)c2ccccc12. The van der Waals surface area contributed by atoms with Gasteiger partial charge in [-0.2, -0.15) is 0 Å². The topological polar surface area (TPSA) is 49.9 Å². The number of nitrogens with zero attached hydrogens (tertiary/aromatic N) is 2. The molecule has 2 amide bonds. The van der Waals surface area contributed by atoms with Gasteiger partial charge in [-0.15, -0.1) is 0 Å². The smallest absolute Gasteiger partial charge is 0.254 e. The fourth-order valence-corrected chi connectivity index (χ4v) is 5.84. The zero-order chi connectivity index (χ0) is 23.0. The van der Waals surface area contributed by atoms with Crippen molar-refractivity contribution in [2.24, 2.45) is 0 Å². The summed E-state index contributed by atoms with van der Waals surface area (Å²) in [6.07, 6.45) is 3.38. The minimum Gasteiger partial charge on any atom is -0.496 e. The normalized spacial score (nSPS) is 23.2. The molecule has 2 aliphatic heterocycles. The largest absolute Gasteiger partial charge is 0.496 e. The first-order chi connectivity index (χ1) is 16.0. The summed E-state index contributed by atoms with van der Waals surface area (Å²) in [6.45, 7) is 1.15. The van der Waals surface area contributed by atoms with Gasteiger partial charge in [0.15, 0.2) is 0 Å². The van der Waals surface area contributed by atoms with Gasteiger partial charge in [-0.1, -0.05) is 61.0 Å². The Kier molecular flexibility index (Phi) is 5.57. The molecule has 2 saturated heterocycles. The van der Waals surface area contributed by atoms with Crippen LogP contribution in [0.5, 0.6) is 5.75 Å². The van der Waals surface area contributed by atoms with Crippen molar-refractivity contribution >= 4 is 22.6 Å². The zero-order valence-corrected chi connectivity index (χ0v) is 19.3. The number of carbonyl (C=O) groups is 2. The molecule has 0 aromatic heterocycles. The van der Waals surface area contributed by atoms with Gasteiger partial charge in [-0.05, 0) is 35.9 Å². The maximum atomic E-state index is 13.9. The minimum atomic E-state index is -0.382.